The van der Waals surface area contributed by atoms with Crippen molar-refractivity contribution in [1.29, 1.82) is 0 Å². The number of ether oxygens (including phenoxy) is 4. The van der Waals surface area contributed by atoms with Crippen molar-refractivity contribution in [1.82, 2.24) is 9.97 Å². The number of rotatable bonds is 9. The molecule has 3 aromatic carbocycles. The zero-order valence-corrected chi connectivity index (χ0v) is 20.4. The summed E-state index contributed by atoms with van der Waals surface area (Å²) in [6, 6.07) is 17.1. The molecule has 0 saturated heterocycles. The van der Waals surface area contributed by atoms with Crippen LogP contribution >= 0.6 is 0 Å². The molecule has 5 rings (SSSR count). The number of benzene rings is 3. The molecule has 5 aromatic rings. The first-order valence-electron chi connectivity index (χ1n) is 11.4. The molecule has 1 N–H and O–H groups in total. The molecule has 0 unspecified atom stereocenters. The summed E-state index contributed by atoms with van der Waals surface area (Å²) in [6.45, 7) is 1.87. The average Bonchev–Trinajstić information content (AvgIpc) is 3.32. The molecule has 188 valence electrons. The Morgan fingerprint density at radius 2 is 1.62 bits per heavy atom. The molecule has 0 amide bonds. The minimum atomic E-state index is -0.476. The molecule has 0 fully saturated rings. The van der Waals surface area contributed by atoms with Crippen LogP contribution in [0.5, 0.6) is 28.7 Å². The Balaban J connectivity index is 1.29. The van der Waals surface area contributed by atoms with Crippen LogP contribution in [-0.4, -0.2) is 24.2 Å². The van der Waals surface area contributed by atoms with Crippen LogP contribution in [-0.2, 0) is 6.61 Å². The highest BCUT2D eigenvalue weighted by molar-refractivity contribution is 5.95. The lowest BCUT2D eigenvalue weighted by atomic mass is 10.1. The molecule has 0 saturated carbocycles. The molecule has 2 heterocycles. The molecule has 0 radical (unpaired) electrons. The second-order valence-corrected chi connectivity index (χ2v) is 8.09. The molecule has 0 atom stereocenters. The topological polar surface area (TPSA) is 87.9 Å². The molecule has 37 heavy (non-hydrogen) atoms. The molecule has 0 spiro atoms. The van der Waals surface area contributed by atoms with Crippen molar-refractivity contribution < 1.29 is 27.8 Å². The van der Waals surface area contributed by atoms with Gasteiger partial charge in [-0.2, -0.15) is 0 Å². The number of fused-ring (bicyclic) bond motifs is 1. The van der Waals surface area contributed by atoms with Crippen molar-refractivity contribution in [2.24, 2.45) is 0 Å². The molecule has 0 aliphatic carbocycles. The van der Waals surface area contributed by atoms with Gasteiger partial charge < -0.3 is 28.7 Å². The predicted octanol–water partition coefficient (Wildman–Crippen LogP) is 6.80. The summed E-state index contributed by atoms with van der Waals surface area (Å²) in [5, 5.41) is 4.28. The fourth-order valence-electron chi connectivity index (χ4n) is 3.79. The van der Waals surface area contributed by atoms with E-state index in [1.54, 1.807) is 51.7 Å². The van der Waals surface area contributed by atoms with E-state index in [9.17, 15) is 4.39 Å². The number of anilines is 2. The minimum Gasteiger partial charge on any atom is -0.493 e. The number of oxazole rings is 1. The fraction of sp³-hybridized carbons (Fsp3) is 0.143. The summed E-state index contributed by atoms with van der Waals surface area (Å²) < 4.78 is 41.9. The van der Waals surface area contributed by atoms with Gasteiger partial charge in [0.2, 0.25) is 0 Å². The first kappa shape index (κ1) is 23.9. The number of nitrogens with zero attached hydrogens (tertiary/aromatic N) is 2. The third kappa shape index (κ3) is 5.56. The summed E-state index contributed by atoms with van der Waals surface area (Å²) in [5.74, 6) is 3.01. The van der Waals surface area contributed by atoms with Crippen LogP contribution in [0.15, 0.2) is 77.5 Å². The lowest BCUT2D eigenvalue weighted by molar-refractivity contribution is 0.265. The van der Waals surface area contributed by atoms with Crippen LogP contribution in [0.2, 0.25) is 0 Å². The van der Waals surface area contributed by atoms with Crippen LogP contribution in [0.4, 0.5) is 15.8 Å². The number of hydrogen-bond donors (Lipinski definition) is 1. The van der Waals surface area contributed by atoms with Gasteiger partial charge in [-0.05, 0) is 36.4 Å². The zero-order chi connectivity index (χ0) is 25.8. The standard InChI is InChI=1S/C28H24FN3O5/c1-17-31-15-23(36-17)16-35-21-10-18(29)11-22(12-21)37-20-6-4-19(5-7-20)32-25-8-9-30-26-14-28(34-3)27(33-2)13-24(25)26/h4-15H,16H2,1-3H3,(H,30,32). The van der Waals surface area contributed by atoms with E-state index in [1.807, 2.05) is 30.3 Å². The number of aromatic nitrogens is 2. The number of methoxy groups -OCH3 is 2. The van der Waals surface area contributed by atoms with Gasteiger partial charge in [-0.25, -0.2) is 9.37 Å². The molecule has 0 aliphatic heterocycles. The van der Waals surface area contributed by atoms with E-state index < -0.39 is 5.82 Å². The van der Waals surface area contributed by atoms with Gasteiger partial charge in [0.25, 0.3) is 0 Å². The lowest BCUT2D eigenvalue weighted by Gasteiger charge is -2.13. The van der Waals surface area contributed by atoms with Crippen molar-refractivity contribution in [3.05, 3.63) is 90.5 Å². The Hall–Kier alpha value is -4.79. The quantitative estimate of drug-likeness (QED) is 0.236. The average molecular weight is 502 g/mol. The maximum absolute atomic E-state index is 14.2. The molecule has 8 nitrogen and oxygen atoms in total. The summed E-state index contributed by atoms with van der Waals surface area (Å²) in [6.07, 6.45) is 3.30. The van der Waals surface area contributed by atoms with Crippen molar-refractivity contribution in [3.8, 4) is 28.7 Å². The van der Waals surface area contributed by atoms with Crippen molar-refractivity contribution in [2.45, 2.75) is 13.5 Å². The largest absolute Gasteiger partial charge is 0.493 e. The number of halogens is 1. The van der Waals surface area contributed by atoms with Gasteiger partial charge in [0, 0.05) is 54.1 Å². The van der Waals surface area contributed by atoms with Crippen LogP contribution in [0.25, 0.3) is 10.9 Å². The van der Waals surface area contributed by atoms with E-state index in [0.717, 1.165) is 22.3 Å². The third-order valence-corrected chi connectivity index (χ3v) is 5.51. The summed E-state index contributed by atoms with van der Waals surface area (Å²) in [5.41, 5.74) is 2.46. The van der Waals surface area contributed by atoms with E-state index in [2.05, 4.69) is 15.3 Å². The maximum atomic E-state index is 14.2. The van der Waals surface area contributed by atoms with E-state index in [1.165, 1.54) is 12.1 Å². The smallest absolute Gasteiger partial charge is 0.191 e. The molecular weight excluding hydrogens is 477 g/mol. The van der Waals surface area contributed by atoms with Gasteiger partial charge in [-0.1, -0.05) is 0 Å². The predicted molar refractivity (Wildman–Crippen MR) is 137 cm³/mol. The second kappa shape index (κ2) is 10.4. The highest BCUT2D eigenvalue weighted by atomic mass is 19.1. The number of pyridine rings is 1. The fourth-order valence-corrected chi connectivity index (χ4v) is 3.79. The minimum absolute atomic E-state index is 0.131. The van der Waals surface area contributed by atoms with Gasteiger partial charge in [-0.15, -0.1) is 0 Å². The first-order chi connectivity index (χ1) is 18.0. The maximum Gasteiger partial charge on any atom is 0.191 e. The van der Waals surface area contributed by atoms with E-state index in [4.69, 9.17) is 23.4 Å². The van der Waals surface area contributed by atoms with E-state index in [-0.39, 0.29) is 6.61 Å². The van der Waals surface area contributed by atoms with E-state index in [0.29, 0.717) is 40.4 Å². The molecule has 0 aliphatic rings. The molecule has 0 bridgehead atoms. The zero-order valence-electron chi connectivity index (χ0n) is 20.4. The van der Waals surface area contributed by atoms with Crippen LogP contribution in [0, 0.1) is 12.7 Å². The summed E-state index contributed by atoms with van der Waals surface area (Å²) in [4.78, 5) is 8.45. The van der Waals surface area contributed by atoms with E-state index >= 15 is 0 Å². The lowest BCUT2D eigenvalue weighted by Crippen LogP contribution is -1.96. The SMILES string of the molecule is COc1cc2nccc(Nc3ccc(Oc4cc(F)cc(OCc5cnc(C)o5)c4)cc3)c2cc1OC. The normalized spacial score (nSPS) is 10.8. The monoisotopic (exact) mass is 501 g/mol. The Labute approximate surface area is 212 Å². The van der Waals surface area contributed by atoms with Gasteiger partial charge >= 0.3 is 0 Å². The van der Waals surface area contributed by atoms with Gasteiger partial charge in [0.15, 0.2) is 23.1 Å². The van der Waals surface area contributed by atoms with Gasteiger partial charge in [-0.3, -0.25) is 4.98 Å². The van der Waals surface area contributed by atoms with Crippen LogP contribution in [0.3, 0.4) is 0 Å². The Morgan fingerprint density at radius 3 is 2.35 bits per heavy atom. The van der Waals surface area contributed by atoms with Crippen molar-refractivity contribution >= 4 is 22.3 Å². The van der Waals surface area contributed by atoms with Gasteiger partial charge in [0.1, 0.15) is 29.7 Å². The Bertz CT molecular complexity index is 1540. The van der Waals surface area contributed by atoms with Crippen molar-refractivity contribution in [2.75, 3.05) is 19.5 Å². The number of hydrogen-bond acceptors (Lipinski definition) is 8. The molecule has 9 heteroatoms. The van der Waals surface area contributed by atoms with Crippen LogP contribution < -0.4 is 24.3 Å². The Morgan fingerprint density at radius 1 is 0.865 bits per heavy atom. The summed E-state index contributed by atoms with van der Waals surface area (Å²) in [7, 11) is 3.18. The Kier molecular flexibility index (Phi) is 6.76. The van der Waals surface area contributed by atoms with Crippen LogP contribution in [0.1, 0.15) is 11.7 Å². The second-order valence-electron chi connectivity index (χ2n) is 8.09. The van der Waals surface area contributed by atoms with Crippen molar-refractivity contribution in [3.63, 3.8) is 0 Å². The highest BCUT2D eigenvalue weighted by Crippen LogP contribution is 2.36. The summed E-state index contributed by atoms with van der Waals surface area (Å²) >= 11 is 0. The highest BCUT2D eigenvalue weighted by Gasteiger charge is 2.11. The van der Waals surface area contributed by atoms with Gasteiger partial charge in [0.05, 0.1) is 25.9 Å². The third-order valence-electron chi connectivity index (χ3n) is 5.51. The first-order valence-corrected chi connectivity index (χ1v) is 11.4. The number of nitrogens with one attached hydrogen (secondary N) is 1. The molecular formula is C28H24FN3O5. The molecule has 2 aromatic heterocycles. The number of aryl methyl sites for hydroxylation is 1.